The summed E-state index contributed by atoms with van der Waals surface area (Å²) in [4.78, 5) is 45.6. The number of benzene rings is 1. The zero-order valence-corrected chi connectivity index (χ0v) is 27.5. The number of carbonyl (C=O) groups is 3. The van der Waals surface area contributed by atoms with E-state index in [0.29, 0.717) is 17.7 Å². The highest BCUT2D eigenvalue weighted by atomic mass is 16.3. The van der Waals surface area contributed by atoms with Gasteiger partial charge in [0, 0.05) is 43.4 Å². The second kappa shape index (κ2) is 13.5. The lowest BCUT2D eigenvalue weighted by Crippen LogP contribution is -2.65. The van der Waals surface area contributed by atoms with Gasteiger partial charge in [0.1, 0.15) is 22.8 Å². The first kappa shape index (κ1) is 34.5. The van der Waals surface area contributed by atoms with E-state index in [1.165, 1.54) is 4.90 Å². The third-order valence-corrected chi connectivity index (χ3v) is 9.81. The third-order valence-electron chi connectivity index (χ3n) is 9.81. The summed E-state index contributed by atoms with van der Waals surface area (Å²) in [6.07, 6.45) is 6.76. The average molecular weight is 627 g/mol. The highest BCUT2D eigenvalue weighted by Crippen LogP contribution is 2.54. The number of phenols is 1. The molecule has 0 radical (unpaired) electrons. The molecule has 0 aliphatic heterocycles. The van der Waals surface area contributed by atoms with Crippen LogP contribution in [-0.2, 0) is 27.3 Å². The summed E-state index contributed by atoms with van der Waals surface area (Å²) >= 11 is 0. The highest BCUT2D eigenvalue weighted by molar-refractivity contribution is 6.24. The van der Waals surface area contributed by atoms with Crippen LogP contribution in [0, 0.1) is 11.8 Å². The quantitative estimate of drug-likeness (QED) is 0.162. The Morgan fingerprint density at radius 3 is 2.11 bits per heavy atom. The molecular formula is C34H50N4O7. The predicted octanol–water partition coefficient (Wildman–Crippen LogP) is 3.21. The number of Topliss-reactive ketones (excluding diaryl/α,β-unsaturated/α-hetero) is 2. The first-order valence-electron chi connectivity index (χ1n) is 16.1. The number of phenolic OH excluding ortho intramolecular Hbond substituents is 1. The number of aliphatic hydroxyl groups is 3. The lowest BCUT2D eigenvalue weighted by Gasteiger charge is -2.50. The van der Waals surface area contributed by atoms with Crippen molar-refractivity contribution in [3.05, 3.63) is 39.7 Å². The van der Waals surface area contributed by atoms with E-state index < -0.39 is 58.0 Å². The second-order valence-electron chi connectivity index (χ2n) is 13.3. The number of hydrogen-bond acceptors (Lipinski definition) is 10. The lowest BCUT2D eigenvalue weighted by atomic mass is 9.57. The van der Waals surface area contributed by atoms with Crippen LogP contribution in [-0.4, -0.2) is 101 Å². The molecule has 248 valence electrons. The Kier molecular flexibility index (Phi) is 10.4. The lowest BCUT2D eigenvalue weighted by molar-refractivity contribution is -0.153. The highest BCUT2D eigenvalue weighted by Gasteiger charge is 2.64. The Hall–Kier alpha value is -3.41. The Morgan fingerprint density at radius 2 is 1.60 bits per heavy atom. The van der Waals surface area contributed by atoms with Crippen LogP contribution in [0.5, 0.6) is 5.75 Å². The summed E-state index contributed by atoms with van der Waals surface area (Å²) < 4.78 is 0. The largest absolute Gasteiger partial charge is 0.508 e. The van der Waals surface area contributed by atoms with E-state index in [2.05, 4.69) is 18.7 Å². The molecule has 1 amide bonds. The molecule has 0 heterocycles. The number of nitrogens with two attached hydrogens (primary N) is 1. The smallest absolute Gasteiger partial charge is 0.255 e. The normalized spacial score (nSPS) is 24.7. The molecule has 1 unspecified atom stereocenters. The summed E-state index contributed by atoms with van der Waals surface area (Å²) in [6, 6.07) is 0.832. The number of amides is 1. The molecular weight excluding hydrogens is 576 g/mol. The Bertz CT molecular complexity index is 1410. The molecule has 6 N–H and O–H groups in total. The van der Waals surface area contributed by atoms with Gasteiger partial charge in [0.05, 0.1) is 11.6 Å². The predicted molar refractivity (Wildman–Crippen MR) is 173 cm³/mol. The van der Waals surface area contributed by atoms with Crippen molar-refractivity contribution < 1.29 is 34.8 Å². The van der Waals surface area contributed by atoms with Crippen molar-refractivity contribution in [1.82, 2.24) is 9.80 Å². The van der Waals surface area contributed by atoms with E-state index in [4.69, 9.17) is 5.73 Å². The third kappa shape index (κ3) is 5.97. The minimum atomic E-state index is -2.66. The number of fused-ring (bicyclic) bond motifs is 3. The number of aromatic hydroxyl groups is 1. The van der Waals surface area contributed by atoms with Crippen LogP contribution >= 0.6 is 0 Å². The molecule has 1 fully saturated rings. The number of unbranched alkanes of at least 4 members (excludes halogenated alkanes) is 4. The summed E-state index contributed by atoms with van der Waals surface area (Å²) in [6.45, 7) is 6.51. The standard InChI is InChI=1S/C34H50N4O7/c1-7-9-11-13-38(14-12-10-8-2)18-20-17-23(36(3)4)21-15-19-16-22-27(37(5)6)30(41)26(33(35)44)32(43)34(22,45)31(42)24(19)29(40)25(21)28(20)39/h17,19,22,27,39-40,43,45H,7-16,18H2,1-6H3,(H2,35,44)/t19-,22-,27?,34-/m0/s1. The van der Waals surface area contributed by atoms with Crippen LogP contribution in [0.1, 0.15) is 75.5 Å². The molecule has 1 aromatic carbocycles. The number of ketones is 2. The Labute approximate surface area is 266 Å². The second-order valence-corrected chi connectivity index (χ2v) is 13.3. The van der Waals surface area contributed by atoms with Crippen LogP contribution < -0.4 is 10.6 Å². The van der Waals surface area contributed by atoms with E-state index in [0.717, 1.165) is 57.3 Å². The fourth-order valence-electron chi connectivity index (χ4n) is 7.55. The molecule has 0 aromatic heterocycles. The number of anilines is 1. The van der Waals surface area contributed by atoms with Crippen molar-refractivity contribution in [2.45, 2.75) is 83.4 Å². The first-order valence-corrected chi connectivity index (χ1v) is 16.1. The number of carbonyl (C=O) groups excluding carboxylic acids is 3. The first-order chi connectivity index (χ1) is 21.2. The van der Waals surface area contributed by atoms with Crippen molar-refractivity contribution in [1.29, 1.82) is 0 Å². The van der Waals surface area contributed by atoms with Crippen molar-refractivity contribution in [2.24, 2.45) is 17.6 Å². The van der Waals surface area contributed by atoms with Gasteiger partial charge in [0.2, 0.25) is 5.78 Å². The van der Waals surface area contributed by atoms with Crippen LogP contribution in [0.3, 0.4) is 0 Å². The van der Waals surface area contributed by atoms with Gasteiger partial charge in [-0.2, -0.15) is 0 Å². The molecule has 3 aliphatic rings. The fraction of sp³-hybridized carbons (Fsp3) is 0.618. The summed E-state index contributed by atoms with van der Waals surface area (Å²) in [5.74, 6) is -6.40. The molecule has 1 saturated carbocycles. The van der Waals surface area contributed by atoms with Gasteiger partial charge in [-0.15, -0.1) is 0 Å². The summed E-state index contributed by atoms with van der Waals surface area (Å²) in [5.41, 5.74) is 4.03. The fourth-order valence-corrected chi connectivity index (χ4v) is 7.55. The number of hydrogen-bond donors (Lipinski definition) is 5. The van der Waals surface area contributed by atoms with Crippen LogP contribution in [0.4, 0.5) is 5.69 Å². The number of aliphatic hydroxyl groups excluding tert-OH is 2. The minimum Gasteiger partial charge on any atom is -0.508 e. The molecule has 0 saturated heterocycles. The molecule has 1 aromatic rings. The van der Waals surface area contributed by atoms with Gasteiger partial charge < -0.3 is 31.1 Å². The molecule has 45 heavy (non-hydrogen) atoms. The average Bonchev–Trinajstić information content (AvgIpc) is 2.95. The van der Waals surface area contributed by atoms with E-state index in [1.54, 1.807) is 14.1 Å². The zero-order valence-electron chi connectivity index (χ0n) is 27.5. The number of nitrogens with zero attached hydrogens (tertiary/aromatic N) is 3. The Morgan fingerprint density at radius 1 is 1.00 bits per heavy atom. The monoisotopic (exact) mass is 626 g/mol. The Balaban J connectivity index is 1.86. The number of primary amides is 1. The van der Waals surface area contributed by atoms with Crippen molar-refractivity contribution in [3.63, 3.8) is 0 Å². The van der Waals surface area contributed by atoms with Gasteiger partial charge >= 0.3 is 0 Å². The van der Waals surface area contributed by atoms with E-state index in [-0.39, 0.29) is 29.7 Å². The van der Waals surface area contributed by atoms with Gasteiger partial charge in [-0.25, -0.2) is 0 Å². The zero-order chi connectivity index (χ0) is 33.4. The molecule has 11 nitrogen and oxygen atoms in total. The maximum Gasteiger partial charge on any atom is 0.255 e. The van der Waals surface area contributed by atoms with Crippen molar-refractivity contribution in [3.8, 4) is 5.75 Å². The molecule has 4 rings (SSSR count). The SMILES string of the molecule is CCCCCN(CCCCC)Cc1cc(N(C)C)c2c(c1O)C(O)=C1C(=O)[C@]3(O)C(O)=C(C(N)=O)C(=O)C(N(C)C)[C@@H]3C[C@@H]1C2. The van der Waals surface area contributed by atoms with E-state index >= 15 is 0 Å². The van der Waals surface area contributed by atoms with E-state index in [1.807, 2.05) is 25.1 Å². The minimum absolute atomic E-state index is 0.0593. The van der Waals surface area contributed by atoms with Crippen LogP contribution in [0.15, 0.2) is 23.0 Å². The van der Waals surface area contributed by atoms with Crippen LogP contribution in [0.2, 0.25) is 0 Å². The molecule has 0 spiro atoms. The number of likely N-dealkylation sites (N-methyl/N-ethyl adjacent to an activating group) is 1. The van der Waals surface area contributed by atoms with Crippen LogP contribution in [0.25, 0.3) is 5.76 Å². The number of rotatable bonds is 13. The molecule has 11 heteroatoms. The van der Waals surface area contributed by atoms with Gasteiger partial charge in [-0.3, -0.25) is 24.2 Å². The molecule has 3 aliphatic carbocycles. The topological polar surface area (TPSA) is 168 Å². The van der Waals surface area contributed by atoms with Gasteiger partial charge in [-0.05, 0) is 70.4 Å². The van der Waals surface area contributed by atoms with Gasteiger partial charge in [0.25, 0.3) is 5.91 Å². The maximum absolute atomic E-state index is 14.2. The molecule has 4 atom stereocenters. The summed E-state index contributed by atoms with van der Waals surface area (Å²) in [7, 11) is 6.94. The molecule has 0 bridgehead atoms. The van der Waals surface area contributed by atoms with Crippen molar-refractivity contribution in [2.75, 3.05) is 46.2 Å². The van der Waals surface area contributed by atoms with Gasteiger partial charge in [0.15, 0.2) is 11.4 Å². The maximum atomic E-state index is 14.2. The van der Waals surface area contributed by atoms with E-state index in [9.17, 15) is 34.8 Å². The van der Waals surface area contributed by atoms with Crippen molar-refractivity contribution >= 4 is 28.9 Å². The summed E-state index contributed by atoms with van der Waals surface area (Å²) in [5, 5.41) is 46.5. The van der Waals surface area contributed by atoms with Gasteiger partial charge in [-0.1, -0.05) is 39.5 Å².